The van der Waals surface area contributed by atoms with Crippen LogP contribution in [0.2, 0.25) is 0 Å². The van der Waals surface area contributed by atoms with Crippen LogP contribution in [0, 0.1) is 12.6 Å². The summed E-state index contributed by atoms with van der Waals surface area (Å²) in [7, 11) is 0. The summed E-state index contributed by atoms with van der Waals surface area (Å²) < 4.78 is 9.53. The fourth-order valence-electron chi connectivity index (χ4n) is 0.401. The van der Waals surface area contributed by atoms with E-state index < -0.39 is 0 Å². The van der Waals surface area contributed by atoms with Gasteiger partial charge in [-0.2, -0.15) is 0 Å². The fourth-order valence-corrected chi connectivity index (χ4v) is 0.401. The first-order valence-electron chi connectivity index (χ1n) is 2.07. The van der Waals surface area contributed by atoms with Crippen molar-refractivity contribution in [1.29, 1.82) is 0 Å². The molecule has 0 radical (unpaired) electrons. The van der Waals surface area contributed by atoms with Crippen molar-refractivity contribution in [2.24, 2.45) is 0 Å². The molecule has 0 spiro atoms. The average molecular weight is 2770 g/mol. The Hall–Kier alpha value is -10.7. The molecular weight excluding hydrogens is 2760 g/mol. The van der Waals surface area contributed by atoms with Crippen molar-refractivity contribution >= 4 is 0 Å². The molecule has 60 valence electrons. The zero-order valence-electron chi connectivity index (χ0n) is 11.4. The Morgan fingerprint density at radius 2 is 1.06 bits per heavy atom. The van der Waals surface area contributed by atoms with Gasteiger partial charge in [0, 0.05) is 0 Å². The van der Waals surface area contributed by atoms with E-state index in [2.05, 4.69) is 11.0 Å². The largest absolute Gasteiger partial charge is 0.813 e. The Kier molecular flexibility index (Phi) is 29.0. The maximum Gasteiger partial charge on any atom is 0 e. The van der Waals surface area contributed by atoms with Crippen molar-refractivity contribution in [3.05, 3.63) is 18.3 Å². The van der Waals surface area contributed by atoms with Crippen LogP contribution in [0.15, 0.2) is 5.76 Å². The molecule has 17 heavy (non-hydrogen) atoms. The molecule has 0 aromatic heterocycles. The minimum atomic E-state index is 0. The quantitative estimate of drug-likeness (QED) is 0.341. The Morgan fingerprint density at radius 1 is 0.765 bits per heavy atom. The van der Waals surface area contributed by atoms with Gasteiger partial charge in [0.2, 0.25) is 0 Å². The van der Waals surface area contributed by atoms with Crippen molar-refractivity contribution in [2.75, 3.05) is 0 Å². The van der Waals surface area contributed by atoms with Crippen LogP contribution in [0.25, 0.3) is 0 Å². The number of allylic oxidation sites excluding steroid dienone is 1. The molecule has 0 aliphatic carbocycles. The summed E-state index contributed by atoms with van der Waals surface area (Å²) in [5.41, 5.74) is 0. The molecule has 1 aliphatic rings. The van der Waals surface area contributed by atoms with E-state index in [0.717, 1.165) is 0 Å². The molecule has 0 unspecified atom stereocenters. The predicted molar refractivity (Wildman–Crippen MR) is 23.5 cm³/mol. The molecule has 12 heteroatoms. The summed E-state index contributed by atoms with van der Waals surface area (Å²) in [5, 5.41) is 0. The first-order chi connectivity index (χ1) is 3.29. The van der Waals surface area contributed by atoms with Crippen LogP contribution in [0.3, 0.4) is 0 Å². The molecular formula is C5H6O2Rf10-2. The second kappa shape index (κ2) is 36.5. The second-order valence-electron chi connectivity index (χ2n) is 1.35. The Bertz CT molecular complexity index is 113. The van der Waals surface area contributed by atoms with Gasteiger partial charge in [-0.15, -0.1) is 6.92 Å². The number of rotatable bonds is 0. The fraction of sp³-hybridized carbons (Fsp3) is 0.400. The van der Waals surface area contributed by atoms with E-state index in [1.807, 2.05) is 0 Å². The van der Waals surface area contributed by atoms with E-state index in [9.17, 15) is 0 Å². The van der Waals surface area contributed by atoms with E-state index in [0.29, 0.717) is 12.0 Å². The minimum absolute atomic E-state index is 0. The standard InChI is InChI=1S/C5H6O2.10Rf/c1-4-3-6-5(2)7-4;;;;;;;;;;/h1-2H3;;;;;;;;;;/q-2;;;;;;;;;;. The van der Waals surface area contributed by atoms with Gasteiger partial charge < -0.3 is 15.7 Å². The van der Waals surface area contributed by atoms with Crippen LogP contribution in [-0.2, 0) is 9.47 Å². The van der Waals surface area contributed by atoms with E-state index in [1.165, 1.54) is 0 Å². The van der Waals surface area contributed by atoms with Gasteiger partial charge in [0.05, 0.1) is 0 Å². The first kappa shape index (κ1) is 13.5. The summed E-state index contributed by atoms with van der Waals surface area (Å²) in [5.74, 6) is 0.692. The molecule has 0 fully saturated rings. The second-order valence-corrected chi connectivity index (χ2v) is 1.35. The van der Waals surface area contributed by atoms with Crippen molar-refractivity contribution in [2.45, 2.75) is 13.8 Å². The summed E-state index contributed by atoms with van der Waals surface area (Å²) in [4.78, 5) is 0. The number of hydrogen-bond donors (Lipinski definition) is 0. The van der Waals surface area contributed by atoms with Crippen LogP contribution in [-0.4, -0.2) is 0 Å². The topological polar surface area (TPSA) is 18.5 Å². The van der Waals surface area contributed by atoms with E-state index in [4.69, 9.17) is 4.74 Å². The monoisotopic (exact) mass is 2770 g/mol. The molecule has 1 rings (SSSR count). The maximum atomic E-state index is 4.86. The zero-order valence-corrected chi connectivity index (χ0v) is 75.4. The van der Waals surface area contributed by atoms with Gasteiger partial charge in [-0.1, -0.05) is 5.76 Å². The molecule has 1 aliphatic heterocycles. The van der Waals surface area contributed by atoms with E-state index >= 15 is 0 Å². The number of ether oxygens (including phenoxy) is 2. The first-order valence-corrected chi connectivity index (χ1v) is 2.07. The molecule has 0 bridgehead atoms. The van der Waals surface area contributed by atoms with Crippen LogP contribution in [0.1, 0.15) is 13.8 Å². The molecule has 0 aromatic rings. The normalized spacial score (nSPS) is 8.47. The average Bonchev–Trinajstić information content (AvgIpc) is 1.87. The third kappa shape index (κ3) is 21.6. The van der Waals surface area contributed by atoms with E-state index in [1.54, 1.807) is 13.8 Å². The SMILES string of the molecule is CC1=[C-]O[C-](C)O1.[Rf].[Rf].[Rf].[Rf].[Rf].[Rf].[Rf].[Rf].[Rf].[Rf]. The van der Waals surface area contributed by atoms with Crippen molar-refractivity contribution in [1.82, 2.24) is 0 Å². The zero-order chi connectivity index (χ0) is 5.28. The molecule has 2 nitrogen and oxygen atoms in total. The molecule has 0 atom stereocenters. The smallest absolute Gasteiger partial charge is 0 e. The van der Waals surface area contributed by atoms with Crippen LogP contribution in [0.5, 0.6) is 0 Å². The van der Waals surface area contributed by atoms with Gasteiger partial charge in [-0.05, 0) is 13.2 Å². The summed E-state index contributed by atoms with van der Waals surface area (Å²) in [6.45, 7) is 3.53. The predicted octanol–water partition coefficient (Wildman–Crippen LogP) is 1.21. The molecule has 0 amide bonds. The van der Waals surface area contributed by atoms with Gasteiger partial charge in [-0.3, -0.25) is 0 Å². The van der Waals surface area contributed by atoms with Crippen LogP contribution < -0.4 is 0 Å². The number of hydrogen-bond acceptors (Lipinski definition) is 2. The van der Waals surface area contributed by atoms with Crippen molar-refractivity contribution < 1.29 is 9.47 Å². The summed E-state index contributed by atoms with van der Waals surface area (Å²) >= 11 is 0. The van der Waals surface area contributed by atoms with Gasteiger partial charge in [0.25, 0.3) is 0 Å². The Balaban J connectivity index is -0.00000000612. The van der Waals surface area contributed by atoms with Gasteiger partial charge in [0.1, 0.15) is 0 Å². The minimum Gasteiger partial charge on any atom is -0.813 e. The van der Waals surface area contributed by atoms with Crippen LogP contribution in [0.4, 0.5) is 0 Å². The van der Waals surface area contributed by atoms with Gasteiger partial charge in [0.15, 0.2) is 0 Å². The molecule has 0 N–H and O–H groups in total. The molecule has 1 heterocycles. The summed E-state index contributed by atoms with van der Waals surface area (Å²) in [6, 6.07) is 0. The molecule has 0 saturated carbocycles. The maximum absolute atomic E-state index is 4.86. The Morgan fingerprint density at radius 3 is 1.12 bits per heavy atom. The van der Waals surface area contributed by atoms with Crippen molar-refractivity contribution in [3.8, 4) is 0 Å². The third-order valence-electron chi connectivity index (χ3n) is 0.635. The summed E-state index contributed by atoms with van der Waals surface area (Å²) in [6.07, 6.45) is 3.08. The molecule has 0 aromatic carbocycles. The van der Waals surface area contributed by atoms with Gasteiger partial charge >= 0.3 is 0 Å². The van der Waals surface area contributed by atoms with Crippen LogP contribution >= 0.6 is 0 Å². The third-order valence-corrected chi connectivity index (χ3v) is 0.635. The van der Waals surface area contributed by atoms with Crippen molar-refractivity contribution in [3.63, 3.8) is 0 Å². The Labute approximate surface area is 42.7 Å². The van der Waals surface area contributed by atoms with Gasteiger partial charge in [-0.25, -0.2) is 0 Å². The van der Waals surface area contributed by atoms with E-state index in [-0.39, 0.29) is 0 Å². The molecule has 0 saturated heterocycles.